The van der Waals surface area contributed by atoms with Crippen molar-refractivity contribution < 1.29 is 19.4 Å². The second-order valence-electron chi connectivity index (χ2n) is 5.73. The Balaban J connectivity index is 2.36. The van der Waals surface area contributed by atoms with Crippen molar-refractivity contribution in [1.82, 2.24) is 0 Å². The third kappa shape index (κ3) is 2.93. The van der Waals surface area contributed by atoms with Crippen molar-refractivity contribution >= 4 is 17.6 Å². The summed E-state index contributed by atoms with van der Waals surface area (Å²) < 4.78 is 6.06. The van der Waals surface area contributed by atoms with Crippen LogP contribution in [0.4, 0.5) is 5.69 Å². The first-order chi connectivity index (χ1) is 10.4. The fourth-order valence-electron chi connectivity index (χ4n) is 2.84. The molecule has 5 nitrogen and oxygen atoms in total. The van der Waals surface area contributed by atoms with E-state index in [-0.39, 0.29) is 12.3 Å². The molecule has 120 valence electrons. The third-order valence-electron chi connectivity index (χ3n) is 4.26. The van der Waals surface area contributed by atoms with Crippen LogP contribution >= 0.6 is 0 Å². The maximum Gasteiger partial charge on any atom is 0.303 e. The predicted octanol–water partition coefficient (Wildman–Crippen LogP) is 3.14. The molecular formula is C17H23NO4. The normalized spacial score (nSPS) is 16.1. The van der Waals surface area contributed by atoms with E-state index in [1.165, 1.54) is 0 Å². The van der Waals surface area contributed by atoms with Gasteiger partial charge in [0.15, 0.2) is 5.60 Å². The van der Waals surface area contributed by atoms with Crippen LogP contribution in [0.1, 0.15) is 45.1 Å². The maximum absolute atomic E-state index is 12.9. The lowest BCUT2D eigenvalue weighted by molar-refractivity contribution is -0.138. The summed E-state index contributed by atoms with van der Waals surface area (Å²) in [6, 6.07) is 5.75. The number of hydrogen-bond acceptors (Lipinski definition) is 3. The van der Waals surface area contributed by atoms with Crippen molar-refractivity contribution in [2.45, 2.75) is 52.1 Å². The number of rotatable bonds is 6. The molecule has 1 heterocycles. The van der Waals surface area contributed by atoms with Crippen molar-refractivity contribution in [3.8, 4) is 5.75 Å². The van der Waals surface area contributed by atoms with Gasteiger partial charge in [-0.1, -0.05) is 19.9 Å². The Morgan fingerprint density at radius 3 is 2.59 bits per heavy atom. The Morgan fingerprint density at radius 2 is 2.00 bits per heavy atom. The van der Waals surface area contributed by atoms with Crippen molar-refractivity contribution in [2.24, 2.45) is 0 Å². The van der Waals surface area contributed by atoms with Crippen LogP contribution in [-0.2, 0) is 9.59 Å². The summed E-state index contributed by atoms with van der Waals surface area (Å²) in [6.45, 7) is 6.26. The summed E-state index contributed by atoms with van der Waals surface area (Å²) in [5.74, 6) is -0.208. The van der Waals surface area contributed by atoms with E-state index in [9.17, 15) is 9.59 Å². The van der Waals surface area contributed by atoms with E-state index in [2.05, 4.69) is 0 Å². The number of anilines is 1. The topological polar surface area (TPSA) is 66.8 Å². The molecule has 0 unspecified atom stereocenters. The second-order valence-corrected chi connectivity index (χ2v) is 5.73. The number of aryl methyl sites for hydroxylation is 1. The van der Waals surface area contributed by atoms with E-state index in [1.54, 1.807) is 4.90 Å². The van der Waals surface area contributed by atoms with Gasteiger partial charge in [-0.05, 0) is 43.9 Å². The smallest absolute Gasteiger partial charge is 0.303 e. The van der Waals surface area contributed by atoms with Crippen molar-refractivity contribution in [3.63, 3.8) is 0 Å². The van der Waals surface area contributed by atoms with Gasteiger partial charge in [-0.15, -0.1) is 0 Å². The number of hydrogen-bond donors (Lipinski definition) is 1. The molecule has 0 aromatic heterocycles. The van der Waals surface area contributed by atoms with Crippen LogP contribution < -0.4 is 9.64 Å². The minimum atomic E-state index is -0.845. The number of carbonyl (C=O) groups excluding carboxylic acids is 1. The number of carboxylic acids is 1. The summed E-state index contributed by atoms with van der Waals surface area (Å²) in [7, 11) is 0. The molecule has 1 aliphatic rings. The number of carboxylic acid groups (broad SMARTS) is 1. The van der Waals surface area contributed by atoms with Gasteiger partial charge in [-0.25, -0.2) is 0 Å². The summed E-state index contributed by atoms with van der Waals surface area (Å²) >= 11 is 0. The summed E-state index contributed by atoms with van der Waals surface area (Å²) in [5.41, 5.74) is 0.961. The van der Waals surface area contributed by atoms with Gasteiger partial charge in [0.25, 0.3) is 5.91 Å². The fourth-order valence-corrected chi connectivity index (χ4v) is 2.84. The van der Waals surface area contributed by atoms with Gasteiger partial charge in [0.1, 0.15) is 5.75 Å². The van der Waals surface area contributed by atoms with E-state index in [0.717, 1.165) is 11.3 Å². The van der Waals surface area contributed by atoms with Crippen molar-refractivity contribution in [3.05, 3.63) is 23.8 Å². The molecule has 1 aromatic rings. The summed E-state index contributed by atoms with van der Waals surface area (Å²) in [5, 5.41) is 8.81. The largest absolute Gasteiger partial charge is 0.481 e. The summed E-state index contributed by atoms with van der Waals surface area (Å²) in [4.78, 5) is 25.3. The Bertz CT molecular complexity index is 578. The van der Waals surface area contributed by atoms with E-state index in [0.29, 0.717) is 31.6 Å². The van der Waals surface area contributed by atoms with Gasteiger partial charge in [0.2, 0.25) is 0 Å². The molecule has 1 amide bonds. The van der Waals surface area contributed by atoms with Gasteiger partial charge in [0, 0.05) is 13.0 Å². The van der Waals surface area contributed by atoms with Crippen LogP contribution in [0.5, 0.6) is 5.75 Å². The molecule has 1 N–H and O–H groups in total. The van der Waals surface area contributed by atoms with E-state index < -0.39 is 11.6 Å². The summed E-state index contributed by atoms with van der Waals surface area (Å²) in [6.07, 6.45) is 1.66. The van der Waals surface area contributed by atoms with E-state index in [4.69, 9.17) is 9.84 Å². The maximum atomic E-state index is 12.9. The molecule has 0 saturated carbocycles. The van der Waals surface area contributed by atoms with Crippen LogP contribution in [-0.4, -0.2) is 29.1 Å². The molecule has 1 aliphatic heterocycles. The molecule has 22 heavy (non-hydrogen) atoms. The van der Waals surface area contributed by atoms with Crippen LogP contribution in [0.3, 0.4) is 0 Å². The quantitative estimate of drug-likeness (QED) is 0.876. The van der Waals surface area contributed by atoms with Gasteiger partial charge in [-0.2, -0.15) is 0 Å². The van der Waals surface area contributed by atoms with Gasteiger partial charge < -0.3 is 14.7 Å². The monoisotopic (exact) mass is 305 g/mol. The molecule has 5 heteroatoms. The van der Waals surface area contributed by atoms with Gasteiger partial charge in [-0.3, -0.25) is 9.59 Å². The van der Waals surface area contributed by atoms with Crippen molar-refractivity contribution in [1.29, 1.82) is 0 Å². The Morgan fingerprint density at radius 1 is 1.32 bits per heavy atom. The molecule has 0 aliphatic carbocycles. The van der Waals surface area contributed by atoms with Crippen LogP contribution in [0, 0.1) is 6.92 Å². The Labute approximate surface area is 130 Å². The second kappa shape index (κ2) is 6.38. The lowest BCUT2D eigenvalue weighted by Gasteiger charge is -2.42. The first kappa shape index (κ1) is 16.3. The highest BCUT2D eigenvalue weighted by molar-refractivity contribution is 6.02. The molecule has 2 rings (SSSR count). The van der Waals surface area contributed by atoms with Gasteiger partial charge in [0.05, 0.1) is 5.69 Å². The molecule has 1 aromatic carbocycles. The number of aliphatic carboxylic acids is 1. The zero-order chi connectivity index (χ0) is 16.3. The molecule has 0 atom stereocenters. The van der Waals surface area contributed by atoms with Crippen molar-refractivity contribution in [2.75, 3.05) is 11.4 Å². The third-order valence-corrected chi connectivity index (χ3v) is 4.26. The lowest BCUT2D eigenvalue weighted by atomic mass is 9.92. The Kier molecular flexibility index (Phi) is 4.74. The van der Waals surface area contributed by atoms with Crippen LogP contribution in [0.2, 0.25) is 0 Å². The zero-order valence-corrected chi connectivity index (χ0v) is 13.4. The number of ether oxygens (including phenoxy) is 1. The SMILES string of the molecule is CCC1(CC)Oc2cc(C)ccc2N(CCCC(=O)O)C1=O. The first-order valence-electron chi connectivity index (χ1n) is 7.77. The number of amides is 1. The molecule has 0 radical (unpaired) electrons. The highest BCUT2D eigenvalue weighted by Gasteiger charge is 2.45. The highest BCUT2D eigenvalue weighted by atomic mass is 16.5. The minimum Gasteiger partial charge on any atom is -0.481 e. The predicted molar refractivity (Wildman–Crippen MR) is 84.3 cm³/mol. The average Bonchev–Trinajstić information content (AvgIpc) is 2.49. The minimum absolute atomic E-state index is 0.0527. The molecule has 0 spiro atoms. The Hall–Kier alpha value is -2.04. The zero-order valence-electron chi connectivity index (χ0n) is 13.4. The number of benzene rings is 1. The molecule has 0 saturated heterocycles. The molecule has 0 fully saturated rings. The number of carbonyl (C=O) groups is 2. The fraction of sp³-hybridized carbons (Fsp3) is 0.529. The van der Waals surface area contributed by atoms with Crippen LogP contribution in [0.25, 0.3) is 0 Å². The van der Waals surface area contributed by atoms with E-state index >= 15 is 0 Å². The first-order valence-corrected chi connectivity index (χ1v) is 7.77. The molecule has 0 bridgehead atoms. The number of nitrogens with zero attached hydrogens (tertiary/aromatic N) is 1. The van der Waals surface area contributed by atoms with E-state index in [1.807, 2.05) is 39.0 Å². The van der Waals surface area contributed by atoms with Gasteiger partial charge >= 0.3 is 5.97 Å². The highest BCUT2D eigenvalue weighted by Crippen LogP contribution is 2.41. The average molecular weight is 305 g/mol. The van der Waals surface area contributed by atoms with Crippen LogP contribution in [0.15, 0.2) is 18.2 Å². The molecular weight excluding hydrogens is 282 g/mol. The lowest BCUT2D eigenvalue weighted by Crippen LogP contribution is -2.55. The standard InChI is InChI=1S/C17H23NO4/c1-4-17(5-2)16(21)18(10-6-7-15(19)20)13-9-8-12(3)11-14(13)22-17/h8-9,11H,4-7,10H2,1-3H3,(H,19,20). The number of fused-ring (bicyclic) bond motifs is 1.